The molecule has 1 aromatic rings. The Morgan fingerprint density at radius 3 is 2.06 bits per heavy atom. The summed E-state index contributed by atoms with van der Waals surface area (Å²) in [4.78, 5) is 0. The van der Waals surface area contributed by atoms with Crippen LogP contribution in [0.4, 0.5) is 22.0 Å². The van der Waals surface area contributed by atoms with E-state index in [1.165, 1.54) is 6.07 Å². The van der Waals surface area contributed by atoms with E-state index in [0.717, 1.165) is 0 Å². The molecule has 0 aliphatic heterocycles. The smallest absolute Gasteiger partial charge is 0.423 e. The number of hydrogen-bond donors (Lipinski definition) is 1. The summed E-state index contributed by atoms with van der Waals surface area (Å²) >= 11 is 0. The van der Waals surface area contributed by atoms with Gasteiger partial charge >= 0.3 is 13.5 Å². The fourth-order valence-corrected chi connectivity index (χ4v) is 1.04. The van der Waals surface area contributed by atoms with Crippen molar-refractivity contribution in [3.05, 3.63) is 29.3 Å². The first kappa shape index (κ1) is 13.4. The Balaban J connectivity index is 3.05. The van der Waals surface area contributed by atoms with Crippen molar-refractivity contribution in [1.29, 1.82) is 5.26 Å². The van der Waals surface area contributed by atoms with E-state index in [4.69, 9.17) is 10.3 Å². The monoisotopic (exact) mass is 251 g/mol. The molecule has 0 aromatic heterocycles. The number of alkyl halides is 3. The minimum atomic E-state index is -5.15. The SMILES string of the molecule is N#Cc1c(F)cc(B(O)OC(F)(F)F)cc1F. The highest BCUT2D eigenvalue weighted by atomic mass is 19.4. The predicted molar refractivity (Wildman–Crippen MR) is 45.8 cm³/mol. The van der Waals surface area contributed by atoms with Crippen LogP contribution in [0, 0.1) is 23.0 Å². The van der Waals surface area contributed by atoms with Crippen LogP contribution in [0.1, 0.15) is 5.56 Å². The lowest BCUT2D eigenvalue weighted by molar-refractivity contribution is -0.282. The first-order valence-electron chi connectivity index (χ1n) is 4.06. The molecule has 0 spiro atoms. The third-order valence-electron chi connectivity index (χ3n) is 1.71. The molecular formula is C8H3BF5NO2. The Hall–Kier alpha value is -1.66. The molecule has 1 aromatic carbocycles. The van der Waals surface area contributed by atoms with Crippen LogP contribution in [0.25, 0.3) is 0 Å². The van der Waals surface area contributed by atoms with E-state index in [2.05, 4.69) is 4.65 Å². The van der Waals surface area contributed by atoms with Gasteiger partial charge in [0.25, 0.3) is 0 Å². The second-order valence-electron chi connectivity index (χ2n) is 2.89. The second-order valence-corrected chi connectivity index (χ2v) is 2.89. The second kappa shape index (κ2) is 4.69. The summed E-state index contributed by atoms with van der Waals surface area (Å²) in [5.74, 6) is -2.76. The molecule has 9 heteroatoms. The van der Waals surface area contributed by atoms with Crippen molar-refractivity contribution in [2.75, 3.05) is 0 Å². The molecule has 0 unspecified atom stereocenters. The first-order chi connectivity index (χ1) is 7.74. The first-order valence-corrected chi connectivity index (χ1v) is 4.06. The molecule has 1 rings (SSSR count). The number of nitrogens with zero attached hydrogens (tertiary/aromatic N) is 1. The van der Waals surface area contributed by atoms with Crippen molar-refractivity contribution in [3.8, 4) is 6.07 Å². The van der Waals surface area contributed by atoms with Gasteiger partial charge in [0, 0.05) is 0 Å². The summed E-state index contributed by atoms with van der Waals surface area (Å²) in [6.07, 6.45) is -5.15. The van der Waals surface area contributed by atoms with Gasteiger partial charge in [-0.2, -0.15) is 5.26 Å². The van der Waals surface area contributed by atoms with Gasteiger partial charge < -0.3 is 9.68 Å². The predicted octanol–water partition coefficient (Wildman–Crippen LogP) is 1.06. The topological polar surface area (TPSA) is 53.2 Å². The van der Waals surface area contributed by atoms with E-state index in [9.17, 15) is 22.0 Å². The largest absolute Gasteiger partial charge is 0.510 e. The normalized spacial score (nSPS) is 11.1. The molecule has 1 N–H and O–H groups in total. The fourth-order valence-electron chi connectivity index (χ4n) is 1.04. The van der Waals surface area contributed by atoms with Crippen LogP contribution in [0.3, 0.4) is 0 Å². The van der Waals surface area contributed by atoms with Crippen LogP contribution in [0.5, 0.6) is 0 Å². The third-order valence-corrected chi connectivity index (χ3v) is 1.71. The van der Waals surface area contributed by atoms with Gasteiger partial charge in [-0.25, -0.2) is 8.78 Å². The molecular weight excluding hydrogens is 248 g/mol. The molecule has 0 amide bonds. The van der Waals surface area contributed by atoms with Crippen molar-refractivity contribution in [3.63, 3.8) is 0 Å². The molecule has 0 saturated heterocycles. The van der Waals surface area contributed by atoms with E-state index < -0.39 is 36.1 Å². The maximum absolute atomic E-state index is 13.0. The van der Waals surface area contributed by atoms with Gasteiger partial charge in [0.05, 0.1) is 0 Å². The van der Waals surface area contributed by atoms with Crippen molar-refractivity contribution in [2.45, 2.75) is 6.36 Å². The molecule has 0 heterocycles. The highest BCUT2D eigenvalue weighted by Gasteiger charge is 2.36. The lowest BCUT2D eigenvalue weighted by Gasteiger charge is -2.11. The number of halogens is 5. The van der Waals surface area contributed by atoms with Crippen molar-refractivity contribution < 1.29 is 31.6 Å². The number of benzene rings is 1. The van der Waals surface area contributed by atoms with E-state index in [-0.39, 0.29) is 0 Å². The zero-order valence-electron chi connectivity index (χ0n) is 7.92. The fraction of sp³-hybridized carbons (Fsp3) is 0.125. The summed E-state index contributed by atoms with van der Waals surface area (Å²) < 4.78 is 64.3. The summed E-state index contributed by atoms with van der Waals surface area (Å²) in [6.45, 7) is 0. The van der Waals surface area contributed by atoms with Gasteiger partial charge in [-0.15, -0.1) is 13.2 Å². The van der Waals surface area contributed by atoms with E-state index in [0.29, 0.717) is 12.1 Å². The van der Waals surface area contributed by atoms with Gasteiger partial charge in [0.2, 0.25) is 0 Å². The maximum Gasteiger partial charge on any atom is 0.510 e. The molecule has 17 heavy (non-hydrogen) atoms. The van der Waals surface area contributed by atoms with Crippen LogP contribution in [-0.4, -0.2) is 18.5 Å². The highest BCUT2D eigenvalue weighted by Crippen LogP contribution is 2.17. The number of hydrogen-bond acceptors (Lipinski definition) is 3. The molecule has 0 saturated carbocycles. The lowest BCUT2D eigenvalue weighted by Crippen LogP contribution is -2.39. The molecule has 90 valence electrons. The molecule has 3 nitrogen and oxygen atoms in total. The van der Waals surface area contributed by atoms with Crippen molar-refractivity contribution in [1.82, 2.24) is 0 Å². The standard InChI is InChI=1S/C8H3BF5NO2/c10-6-1-4(2-7(11)5(6)3-15)9(16)17-8(12,13)14/h1-2,16H. The summed E-state index contributed by atoms with van der Waals surface area (Å²) in [5.41, 5.74) is -1.73. The van der Waals surface area contributed by atoms with E-state index in [1.54, 1.807) is 0 Å². The van der Waals surface area contributed by atoms with Crippen LogP contribution in [-0.2, 0) is 4.65 Å². The Kier molecular flexibility index (Phi) is 3.70. The molecule has 0 fully saturated rings. The minimum Gasteiger partial charge on any atom is -0.423 e. The Labute approximate surface area is 92.2 Å². The van der Waals surface area contributed by atoms with Crippen LogP contribution >= 0.6 is 0 Å². The van der Waals surface area contributed by atoms with Crippen molar-refractivity contribution in [2.24, 2.45) is 0 Å². The molecule has 0 aliphatic rings. The van der Waals surface area contributed by atoms with E-state index >= 15 is 0 Å². The summed E-state index contributed by atoms with van der Waals surface area (Å²) in [5, 5.41) is 17.2. The van der Waals surface area contributed by atoms with E-state index in [1.807, 2.05) is 0 Å². The molecule has 0 aliphatic carbocycles. The van der Waals surface area contributed by atoms with Gasteiger partial charge in [-0.1, -0.05) is 0 Å². The average Bonchev–Trinajstić information content (AvgIpc) is 2.14. The molecule has 0 atom stereocenters. The minimum absolute atomic E-state index is 0.387. The van der Waals surface area contributed by atoms with Gasteiger partial charge in [0.1, 0.15) is 23.3 Å². The lowest BCUT2D eigenvalue weighted by atomic mass is 9.79. The average molecular weight is 251 g/mol. The quantitative estimate of drug-likeness (QED) is 0.631. The number of rotatable bonds is 2. The zero-order chi connectivity index (χ0) is 13.2. The number of nitriles is 1. The van der Waals surface area contributed by atoms with Gasteiger partial charge in [-0.3, -0.25) is 0 Å². The molecule has 0 bridgehead atoms. The Bertz CT molecular complexity index is 447. The maximum atomic E-state index is 13.0. The third kappa shape index (κ3) is 3.40. The van der Waals surface area contributed by atoms with Gasteiger partial charge in [-0.05, 0) is 17.6 Å². The van der Waals surface area contributed by atoms with Crippen LogP contribution in [0.2, 0.25) is 0 Å². The van der Waals surface area contributed by atoms with Crippen LogP contribution in [0.15, 0.2) is 12.1 Å². The Morgan fingerprint density at radius 2 is 1.71 bits per heavy atom. The van der Waals surface area contributed by atoms with Crippen LogP contribution < -0.4 is 5.46 Å². The summed E-state index contributed by atoms with van der Waals surface area (Å²) in [7, 11) is -2.56. The Morgan fingerprint density at radius 1 is 1.24 bits per heavy atom. The molecule has 0 radical (unpaired) electrons. The zero-order valence-corrected chi connectivity index (χ0v) is 7.92. The van der Waals surface area contributed by atoms with Gasteiger partial charge in [0.15, 0.2) is 0 Å². The highest BCUT2D eigenvalue weighted by molar-refractivity contribution is 6.60. The van der Waals surface area contributed by atoms with Crippen molar-refractivity contribution >= 4 is 12.6 Å². The summed E-state index contributed by atoms with van der Waals surface area (Å²) in [6, 6.07) is 1.96.